The fraction of sp³-hybridized carbons (Fsp3) is 0.200. The van der Waals surface area contributed by atoms with E-state index >= 15 is 0 Å². The highest BCUT2D eigenvalue weighted by atomic mass is 19.1. The third-order valence-corrected chi connectivity index (χ3v) is 1.63. The third-order valence-electron chi connectivity index (χ3n) is 1.63. The summed E-state index contributed by atoms with van der Waals surface area (Å²) >= 11 is 0. The molecule has 1 aromatic carbocycles. The molecule has 0 radical (unpaired) electrons. The van der Waals surface area contributed by atoms with Crippen molar-refractivity contribution in [2.75, 3.05) is 6.61 Å². The Morgan fingerprint density at radius 2 is 1.86 bits per heavy atom. The summed E-state index contributed by atoms with van der Waals surface area (Å²) in [4.78, 5) is 20.2. The maximum Gasteiger partial charge on any atom is 0.409 e. The Hall–Kier alpha value is -1.71. The van der Waals surface area contributed by atoms with Crippen molar-refractivity contribution in [2.24, 2.45) is 0 Å². The van der Waals surface area contributed by atoms with Crippen LogP contribution in [-0.2, 0) is 20.7 Å². The van der Waals surface area contributed by atoms with Crippen LogP contribution in [0.5, 0.6) is 0 Å². The molecule has 0 bridgehead atoms. The number of hydrogen-bond acceptors (Lipinski definition) is 3. The Kier molecular flexibility index (Phi) is 3.79. The Morgan fingerprint density at radius 1 is 1.21 bits per heavy atom. The quantitative estimate of drug-likeness (QED) is 0.413. The Morgan fingerprint density at radius 3 is 2.43 bits per heavy atom. The first-order valence-electron chi connectivity index (χ1n) is 4.10. The minimum Gasteiger partial charge on any atom is -0.458 e. The molecule has 0 saturated heterocycles. The van der Waals surface area contributed by atoms with Crippen LogP contribution in [-0.4, -0.2) is 18.6 Å². The SMILES string of the molecule is O=C(F)C(=O)OCCc1ccccc1. The number of carbonyl (C=O) groups is 2. The molecule has 1 aromatic rings. The summed E-state index contributed by atoms with van der Waals surface area (Å²) in [6.07, 6.45) is 0.472. The van der Waals surface area contributed by atoms with Gasteiger partial charge in [-0.15, -0.1) is 0 Å². The molecule has 1 rings (SSSR count). The van der Waals surface area contributed by atoms with E-state index in [0.717, 1.165) is 5.56 Å². The molecule has 0 aliphatic heterocycles. The zero-order chi connectivity index (χ0) is 10.4. The van der Waals surface area contributed by atoms with Gasteiger partial charge in [-0.25, -0.2) is 9.59 Å². The number of rotatable bonds is 4. The summed E-state index contributed by atoms with van der Waals surface area (Å²) in [6, 6.07) is 7.20. The van der Waals surface area contributed by atoms with Crippen molar-refractivity contribution in [1.82, 2.24) is 0 Å². The molecule has 14 heavy (non-hydrogen) atoms. The average molecular weight is 196 g/mol. The molecule has 0 N–H and O–H groups in total. The van der Waals surface area contributed by atoms with Crippen molar-refractivity contribution in [3.63, 3.8) is 0 Å². The minimum absolute atomic E-state index is 0.0124. The molecular formula is C10H9FO3. The van der Waals surface area contributed by atoms with Crippen molar-refractivity contribution in [2.45, 2.75) is 6.42 Å². The number of carbonyl (C=O) groups excluding carboxylic acids is 2. The molecule has 0 atom stereocenters. The molecule has 0 fully saturated rings. The van der Waals surface area contributed by atoms with Crippen LogP contribution in [0.2, 0.25) is 0 Å². The molecule has 0 aliphatic rings. The molecular weight excluding hydrogens is 187 g/mol. The minimum atomic E-state index is -2.06. The van der Waals surface area contributed by atoms with E-state index in [0.29, 0.717) is 6.42 Å². The van der Waals surface area contributed by atoms with Crippen molar-refractivity contribution in [1.29, 1.82) is 0 Å². The van der Waals surface area contributed by atoms with E-state index in [1.54, 1.807) is 0 Å². The third kappa shape index (κ3) is 3.35. The largest absolute Gasteiger partial charge is 0.458 e. The van der Waals surface area contributed by atoms with Crippen LogP contribution >= 0.6 is 0 Å². The normalized spacial score (nSPS) is 9.50. The number of esters is 1. The lowest BCUT2D eigenvalue weighted by Gasteiger charge is -2.00. The standard InChI is InChI=1S/C10H9FO3/c11-9(12)10(13)14-7-6-8-4-2-1-3-5-8/h1-5H,6-7H2. The molecule has 0 spiro atoms. The number of halogens is 1. The van der Waals surface area contributed by atoms with E-state index in [9.17, 15) is 14.0 Å². The molecule has 74 valence electrons. The van der Waals surface area contributed by atoms with Crippen LogP contribution < -0.4 is 0 Å². The highest BCUT2D eigenvalue weighted by Crippen LogP contribution is 1.99. The molecule has 0 heterocycles. The van der Waals surface area contributed by atoms with Crippen LogP contribution in [0.15, 0.2) is 30.3 Å². The average Bonchev–Trinajstić information content (AvgIpc) is 2.19. The number of benzene rings is 1. The van der Waals surface area contributed by atoms with Gasteiger partial charge in [-0.3, -0.25) is 0 Å². The monoisotopic (exact) mass is 196 g/mol. The van der Waals surface area contributed by atoms with Gasteiger partial charge in [0.05, 0.1) is 6.61 Å². The van der Waals surface area contributed by atoms with Gasteiger partial charge in [-0.1, -0.05) is 30.3 Å². The van der Waals surface area contributed by atoms with E-state index in [1.807, 2.05) is 30.3 Å². The molecule has 0 saturated carbocycles. The van der Waals surface area contributed by atoms with E-state index in [-0.39, 0.29) is 6.61 Å². The van der Waals surface area contributed by atoms with Gasteiger partial charge in [0.2, 0.25) is 0 Å². The smallest absolute Gasteiger partial charge is 0.409 e. The number of ether oxygens (including phenoxy) is 1. The highest BCUT2D eigenvalue weighted by Gasteiger charge is 2.12. The van der Waals surface area contributed by atoms with Gasteiger partial charge in [0.25, 0.3) is 0 Å². The van der Waals surface area contributed by atoms with E-state index in [4.69, 9.17) is 0 Å². The summed E-state index contributed by atoms with van der Waals surface area (Å²) in [5.74, 6) is -1.43. The Balaban J connectivity index is 2.29. The summed E-state index contributed by atoms with van der Waals surface area (Å²) in [5, 5.41) is 0. The lowest BCUT2D eigenvalue weighted by atomic mass is 10.2. The Bertz CT molecular complexity index is 321. The van der Waals surface area contributed by atoms with E-state index in [1.165, 1.54) is 0 Å². The van der Waals surface area contributed by atoms with Gasteiger partial charge in [0, 0.05) is 6.42 Å². The van der Waals surface area contributed by atoms with Crippen LogP contribution in [0.4, 0.5) is 4.39 Å². The molecule has 4 heteroatoms. The summed E-state index contributed by atoms with van der Waals surface area (Å²) in [6.45, 7) is 0.0124. The predicted octanol–water partition coefficient (Wildman–Crippen LogP) is 1.27. The first kappa shape index (κ1) is 10.4. The van der Waals surface area contributed by atoms with Crippen molar-refractivity contribution in [3.05, 3.63) is 35.9 Å². The first-order valence-corrected chi connectivity index (χ1v) is 4.10. The molecule has 0 aliphatic carbocycles. The van der Waals surface area contributed by atoms with Gasteiger partial charge in [-0.05, 0) is 5.56 Å². The molecule has 3 nitrogen and oxygen atoms in total. The summed E-state index contributed by atoms with van der Waals surface area (Å²) in [7, 11) is 0. The second-order valence-electron chi connectivity index (χ2n) is 2.65. The van der Waals surface area contributed by atoms with Crippen molar-refractivity contribution >= 4 is 12.0 Å². The van der Waals surface area contributed by atoms with Gasteiger partial charge < -0.3 is 4.74 Å². The van der Waals surface area contributed by atoms with Crippen LogP contribution in [0.1, 0.15) is 5.56 Å². The number of hydrogen-bond donors (Lipinski definition) is 0. The van der Waals surface area contributed by atoms with Crippen molar-refractivity contribution < 1.29 is 18.7 Å². The second kappa shape index (κ2) is 5.11. The van der Waals surface area contributed by atoms with Crippen molar-refractivity contribution in [3.8, 4) is 0 Å². The van der Waals surface area contributed by atoms with Crippen LogP contribution in [0, 0.1) is 0 Å². The maximum absolute atomic E-state index is 11.7. The van der Waals surface area contributed by atoms with Crippen LogP contribution in [0.3, 0.4) is 0 Å². The lowest BCUT2D eigenvalue weighted by molar-refractivity contribution is -0.159. The van der Waals surface area contributed by atoms with Gasteiger partial charge in [-0.2, -0.15) is 4.39 Å². The zero-order valence-corrected chi connectivity index (χ0v) is 7.40. The fourth-order valence-electron chi connectivity index (χ4n) is 0.963. The Labute approximate surface area is 80.5 Å². The second-order valence-corrected chi connectivity index (χ2v) is 2.65. The van der Waals surface area contributed by atoms with Crippen LogP contribution in [0.25, 0.3) is 0 Å². The maximum atomic E-state index is 11.7. The first-order chi connectivity index (χ1) is 6.70. The van der Waals surface area contributed by atoms with Gasteiger partial charge in [0.15, 0.2) is 0 Å². The van der Waals surface area contributed by atoms with Gasteiger partial charge in [0.1, 0.15) is 0 Å². The molecule has 0 aromatic heterocycles. The fourth-order valence-corrected chi connectivity index (χ4v) is 0.963. The predicted molar refractivity (Wildman–Crippen MR) is 47.2 cm³/mol. The summed E-state index contributed by atoms with van der Waals surface area (Å²) in [5.41, 5.74) is 0.964. The topological polar surface area (TPSA) is 43.4 Å². The molecule has 0 unspecified atom stereocenters. The summed E-state index contributed by atoms with van der Waals surface area (Å²) < 4.78 is 16.1. The zero-order valence-electron chi connectivity index (χ0n) is 7.40. The highest BCUT2D eigenvalue weighted by molar-refractivity contribution is 6.29. The van der Waals surface area contributed by atoms with Gasteiger partial charge >= 0.3 is 12.0 Å². The van der Waals surface area contributed by atoms with E-state index in [2.05, 4.69) is 4.74 Å². The van der Waals surface area contributed by atoms with E-state index < -0.39 is 12.0 Å². The molecule has 0 amide bonds. The lowest BCUT2D eigenvalue weighted by Crippen LogP contribution is -2.14.